The predicted octanol–water partition coefficient (Wildman–Crippen LogP) is 4.89. The molecule has 0 spiro atoms. The number of nitrogen functional groups attached to an aromatic ring is 1. The van der Waals surface area contributed by atoms with E-state index in [2.05, 4.69) is 35.4 Å². The molecule has 0 saturated carbocycles. The molecule has 0 bridgehead atoms. The maximum atomic E-state index is 5.97. The van der Waals surface area contributed by atoms with Crippen molar-refractivity contribution in [2.45, 2.75) is 6.92 Å². The van der Waals surface area contributed by atoms with E-state index in [1.165, 1.54) is 0 Å². The zero-order valence-electron chi connectivity index (χ0n) is 12.1. The van der Waals surface area contributed by atoms with Crippen LogP contribution < -0.4 is 5.73 Å². The summed E-state index contributed by atoms with van der Waals surface area (Å²) in [6, 6.07) is 16.3. The smallest absolute Gasteiger partial charge is 0.0542 e. The zero-order valence-corrected chi connectivity index (χ0v) is 12.1. The van der Waals surface area contributed by atoms with E-state index < -0.39 is 0 Å². The van der Waals surface area contributed by atoms with Crippen LogP contribution >= 0.6 is 0 Å². The second-order valence-corrected chi connectivity index (χ2v) is 4.95. The number of hydrogen-bond acceptors (Lipinski definition) is 1. The first-order chi connectivity index (χ1) is 10.3. The molecular weight excluding hydrogens is 256 g/mol. The van der Waals surface area contributed by atoms with Crippen molar-refractivity contribution in [3.8, 4) is 5.69 Å². The summed E-state index contributed by atoms with van der Waals surface area (Å²) in [6.07, 6.45) is 6.05. The van der Waals surface area contributed by atoms with Gasteiger partial charge in [0.2, 0.25) is 0 Å². The zero-order chi connectivity index (χ0) is 14.8. The molecule has 0 unspecified atom stereocenters. The van der Waals surface area contributed by atoms with E-state index in [1.807, 2.05) is 49.4 Å². The average Bonchev–Trinajstić information content (AvgIpc) is 2.82. The van der Waals surface area contributed by atoms with Gasteiger partial charge in [0, 0.05) is 22.3 Å². The molecule has 0 aliphatic carbocycles. The Bertz CT molecular complexity index is 824. The first kappa shape index (κ1) is 13.3. The molecule has 2 nitrogen and oxygen atoms in total. The van der Waals surface area contributed by atoms with Crippen LogP contribution in [0.15, 0.2) is 61.2 Å². The molecule has 0 fully saturated rings. The van der Waals surface area contributed by atoms with E-state index >= 15 is 0 Å². The maximum Gasteiger partial charge on any atom is 0.0542 e. The lowest BCUT2D eigenvalue weighted by molar-refractivity contribution is 1.11. The number of nitrogens with two attached hydrogens (primary N) is 1. The van der Waals surface area contributed by atoms with E-state index in [0.29, 0.717) is 0 Å². The quantitative estimate of drug-likeness (QED) is 0.677. The molecule has 104 valence electrons. The van der Waals surface area contributed by atoms with Crippen molar-refractivity contribution in [3.63, 3.8) is 0 Å². The van der Waals surface area contributed by atoms with Crippen LogP contribution in [0.4, 0.5) is 5.69 Å². The number of fused-ring (bicyclic) bond motifs is 1. The van der Waals surface area contributed by atoms with E-state index in [-0.39, 0.29) is 0 Å². The maximum absolute atomic E-state index is 5.97. The predicted molar refractivity (Wildman–Crippen MR) is 92.5 cm³/mol. The van der Waals surface area contributed by atoms with E-state index in [4.69, 9.17) is 5.73 Å². The van der Waals surface area contributed by atoms with Crippen molar-refractivity contribution < 1.29 is 0 Å². The third-order valence-corrected chi connectivity index (χ3v) is 3.61. The van der Waals surface area contributed by atoms with Gasteiger partial charge in [0.25, 0.3) is 0 Å². The van der Waals surface area contributed by atoms with Crippen molar-refractivity contribution in [1.82, 2.24) is 4.57 Å². The summed E-state index contributed by atoms with van der Waals surface area (Å²) in [7, 11) is 0. The van der Waals surface area contributed by atoms with Crippen molar-refractivity contribution in [2.24, 2.45) is 0 Å². The van der Waals surface area contributed by atoms with E-state index in [9.17, 15) is 0 Å². The minimum atomic E-state index is 0.772. The molecule has 3 aromatic rings. The lowest BCUT2D eigenvalue weighted by atomic mass is 10.1. The van der Waals surface area contributed by atoms with Gasteiger partial charge >= 0.3 is 0 Å². The van der Waals surface area contributed by atoms with Crippen molar-refractivity contribution in [1.29, 1.82) is 0 Å². The fourth-order valence-corrected chi connectivity index (χ4v) is 2.75. The molecule has 3 rings (SSSR count). The fraction of sp³-hybridized carbons (Fsp3) is 0.0526. The summed E-state index contributed by atoms with van der Waals surface area (Å²) in [5.74, 6) is 0. The number of anilines is 1. The van der Waals surface area contributed by atoms with Gasteiger partial charge in [0.15, 0.2) is 0 Å². The highest BCUT2D eigenvalue weighted by Crippen LogP contribution is 2.32. The van der Waals surface area contributed by atoms with Crippen LogP contribution in [0.5, 0.6) is 0 Å². The Morgan fingerprint density at radius 3 is 2.52 bits per heavy atom. The molecule has 0 aliphatic heterocycles. The van der Waals surface area contributed by atoms with Crippen molar-refractivity contribution in [2.75, 3.05) is 5.73 Å². The first-order valence-corrected chi connectivity index (χ1v) is 7.00. The summed E-state index contributed by atoms with van der Waals surface area (Å²) in [4.78, 5) is 0. The standard InChI is InChI=1S/C19H18N2/c1-3-8-16-17-13-14(20)11-12-19(17)21(18(16)4-2)15-9-6-5-7-10-15/h3-13H,2,20H2,1H3/b8-3-. The molecule has 2 heteroatoms. The molecule has 0 atom stereocenters. The third kappa shape index (κ3) is 2.15. The Balaban J connectivity index is 2.46. The van der Waals surface area contributed by atoms with Gasteiger partial charge in [-0.1, -0.05) is 36.9 Å². The normalized spacial score (nSPS) is 11.3. The summed E-state index contributed by atoms with van der Waals surface area (Å²) >= 11 is 0. The van der Waals surface area contributed by atoms with Crippen LogP contribution in [0.25, 0.3) is 28.7 Å². The Labute approximate surface area is 124 Å². The van der Waals surface area contributed by atoms with Gasteiger partial charge in [-0.3, -0.25) is 0 Å². The lowest BCUT2D eigenvalue weighted by Gasteiger charge is -2.08. The van der Waals surface area contributed by atoms with Crippen LogP contribution in [-0.2, 0) is 0 Å². The molecule has 0 radical (unpaired) electrons. The highest BCUT2D eigenvalue weighted by atomic mass is 15.0. The van der Waals surface area contributed by atoms with Crippen LogP contribution in [0, 0.1) is 0 Å². The largest absolute Gasteiger partial charge is 0.399 e. The van der Waals surface area contributed by atoms with Crippen LogP contribution in [0.2, 0.25) is 0 Å². The van der Waals surface area contributed by atoms with Gasteiger partial charge in [-0.05, 0) is 43.3 Å². The van der Waals surface area contributed by atoms with E-state index in [1.54, 1.807) is 0 Å². The average molecular weight is 274 g/mol. The lowest BCUT2D eigenvalue weighted by Crippen LogP contribution is -1.96. The minimum Gasteiger partial charge on any atom is -0.399 e. The van der Waals surface area contributed by atoms with Gasteiger partial charge in [-0.15, -0.1) is 0 Å². The van der Waals surface area contributed by atoms with Gasteiger partial charge in [-0.25, -0.2) is 0 Å². The fourth-order valence-electron chi connectivity index (χ4n) is 2.75. The second-order valence-electron chi connectivity index (χ2n) is 4.95. The van der Waals surface area contributed by atoms with Gasteiger partial charge in [0.05, 0.1) is 11.2 Å². The molecular formula is C19H18N2. The number of hydrogen-bond donors (Lipinski definition) is 1. The summed E-state index contributed by atoms with van der Waals surface area (Å²) < 4.78 is 2.22. The number of aromatic nitrogens is 1. The second kappa shape index (κ2) is 5.33. The Kier molecular flexibility index (Phi) is 3.36. The summed E-state index contributed by atoms with van der Waals surface area (Å²) in [5.41, 5.74) is 11.2. The number of para-hydroxylation sites is 1. The molecule has 2 N–H and O–H groups in total. The third-order valence-electron chi connectivity index (χ3n) is 3.61. The first-order valence-electron chi connectivity index (χ1n) is 7.00. The molecule has 21 heavy (non-hydrogen) atoms. The number of benzene rings is 2. The minimum absolute atomic E-state index is 0.772. The Morgan fingerprint density at radius 1 is 1.10 bits per heavy atom. The highest BCUT2D eigenvalue weighted by molar-refractivity contribution is 5.96. The summed E-state index contributed by atoms with van der Waals surface area (Å²) in [6.45, 7) is 6.01. The topological polar surface area (TPSA) is 30.9 Å². The van der Waals surface area contributed by atoms with Crippen LogP contribution in [0.1, 0.15) is 18.2 Å². The molecule has 0 aliphatic rings. The van der Waals surface area contributed by atoms with Crippen molar-refractivity contribution in [3.05, 3.63) is 72.4 Å². The molecule has 1 heterocycles. The SMILES string of the molecule is C=Cc1c(/C=C\C)c2cc(N)ccc2n1-c1ccccc1. The summed E-state index contributed by atoms with van der Waals surface area (Å²) in [5, 5.41) is 1.15. The van der Waals surface area contributed by atoms with Crippen LogP contribution in [-0.4, -0.2) is 4.57 Å². The molecule has 0 saturated heterocycles. The molecule has 2 aromatic carbocycles. The molecule has 0 amide bonds. The van der Waals surface area contributed by atoms with Crippen molar-refractivity contribution >= 4 is 28.7 Å². The van der Waals surface area contributed by atoms with Crippen LogP contribution in [0.3, 0.4) is 0 Å². The number of nitrogens with zero attached hydrogens (tertiary/aromatic N) is 1. The molecule has 1 aromatic heterocycles. The van der Waals surface area contributed by atoms with Gasteiger partial charge in [0.1, 0.15) is 0 Å². The highest BCUT2D eigenvalue weighted by Gasteiger charge is 2.14. The van der Waals surface area contributed by atoms with E-state index in [0.717, 1.165) is 33.5 Å². The Morgan fingerprint density at radius 2 is 1.86 bits per heavy atom. The Hall–Kier alpha value is -2.74. The number of allylic oxidation sites excluding steroid dienone is 1. The van der Waals surface area contributed by atoms with Gasteiger partial charge in [-0.2, -0.15) is 0 Å². The number of rotatable bonds is 3. The monoisotopic (exact) mass is 274 g/mol. The van der Waals surface area contributed by atoms with Gasteiger partial charge < -0.3 is 10.3 Å².